The number of thiophene rings is 1. The Bertz CT molecular complexity index is 1130. The van der Waals surface area contributed by atoms with E-state index < -0.39 is 5.91 Å². The van der Waals surface area contributed by atoms with Crippen molar-refractivity contribution in [1.82, 2.24) is 15.4 Å². The van der Waals surface area contributed by atoms with Gasteiger partial charge in [-0.25, -0.2) is 10.4 Å². The smallest absolute Gasteiger partial charge is 0.307 e. The van der Waals surface area contributed by atoms with Gasteiger partial charge in [0.2, 0.25) is 5.82 Å². The maximum atomic E-state index is 12.4. The van der Waals surface area contributed by atoms with E-state index in [0.717, 1.165) is 31.2 Å². The number of benzene rings is 1. The standard InChI is InChI=1S/C18H16N4O4S/c23-11-6-5-9(7-12(11)24)8-19-22-17(26)15-20-16(25)14-10-3-1-2-4-13(10)27-18(14)21-15/h5-8,23-24H,1-4H2,(H,22,26)(H,20,21,25)/b19-8+. The quantitative estimate of drug-likeness (QED) is 0.312. The van der Waals surface area contributed by atoms with Gasteiger partial charge in [0.05, 0.1) is 11.6 Å². The zero-order chi connectivity index (χ0) is 19.0. The van der Waals surface area contributed by atoms with Crippen molar-refractivity contribution in [3.05, 3.63) is 50.4 Å². The number of fused-ring (bicyclic) bond motifs is 3. The molecule has 2 heterocycles. The van der Waals surface area contributed by atoms with E-state index in [0.29, 0.717) is 15.8 Å². The summed E-state index contributed by atoms with van der Waals surface area (Å²) in [6.07, 6.45) is 5.28. The van der Waals surface area contributed by atoms with E-state index in [2.05, 4.69) is 20.5 Å². The second-order valence-electron chi connectivity index (χ2n) is 6.25. The van der Waals surface area contributed by atoms with Crippen molar-refractivity contribution in [3.8, 4) is 11.5 Å². The molecule has 1 aliphatic rings. The van der Waals surface area contributed by atoms with Crippen LogP contribution in [0.2, 0.25) is 0 Å². The fraction of sp³-hybridized carbons (Fsp3) is 0.222. The Kier molecular flexibility index (Phi) is 4.36. The Hall–Kier alpha value is -3.20. The van der Waals surface area contributed by atoms with E-state index in [-0.39, 0.29) is 22.9 Å². The molecule has 8 nitrogen and oxygen atoms in total. The first-order chi connectivity index (χ1) is 13.0. The van der Waals surface area contributed by atoms with Gasteiger partial charge in [-0.1, -0.05) is 0 Å². The molecule has 138 valence electrons. The number of carbonyl (C=O) groups excluding carboxylic acids is 1. The fourth-order valence-corrected chi connectivity index (χ4v) is 4.37. The highest BCUT2D eigenvalue weighted by Gasteiger charge is 2.21. The number of nitrogens with zero attached hydrogens (tertiary/aromatic N) is 2. The topological polar surface area (TPSA) is 128 Å². The maximum absolute atomic E-state index is 12.4. The molecule has 0 unspecified atom stereocenters. The lowest BCUT2D eigenvalue weighted by atomic mass is 9.97. The summed E-state index contributed by atoms with van der Waals surface area (Å²) in [5, 5.41) is 23.1. The van der Waals surface area contributed by atoms with Crippen LogP contribution in [0.15, 0.2) is 28.1 Å². The number of amides is 1. The Morgan fingerprint density at radius 2 is 2.07 bits per heavy atom. The van der Waals surface area contributed by atoms with E-state index in [1.165, 1.54) is 40.6 Å². The number of hydrogen-bond donors (Lipinski definition) is 4. The number of hydrogen-bond acceptors (Lipinski definition) is 7. The molecular formula is C18H16N4O4S. The summed E-state index contributed by atoms with van der Waals surface area (Å²) < 4.78 is 0. The van der Waals surface area contributed by atoms with Crippen LogP contribution in [0.4, 0.5) is 0 Å². The molecule has 1 aliphatic carbocycles. The normalized spacial score (nSPS) is 13.8. The molecule has 0 spiro atoms. The predicted molar refractivity (Wildman–Crippen MR) is 102 cm³/mol. The molecule has 0 bridgehead atoms. The molecule has 4 rings (SSSR count). The number of aromatic hydroxyl groups is 2. The van der Waals surface area contributed by atoms with Gasteiger partial charge in [0, 0.05) is 4.88 Å². The van der Waals surface area contributed by atoms with Crippen LogP contribution >= 0.6 is 11.3 Å². The monoisotopic (exact) mass is 384 g/mol. The summed E-state index contributed by atoms with van der Waals surface area (Å²) in [4.78, 5) is 33.3. The average molecular weight is 384 g/mol. The van der Waals surface area contributed by atoms with Crippen LogP contribution in [0.3, 0.4) is 0 Å². The fourth-order valence-electron chi connectivity index (χ4n) is 3.11. The van der Waals surface area contributed by atoms with Gasteiger partial charge in [-0.3, -0.25) is 9.59 Å². The summed E-state index contributed by atoms with van der Waals surface area (Å²) in [6, 6.07) is 4.13. The van der Waals surface area contributed by atoms with Crippen molar-refractivity contribution < 1.29 is 15.0 Å². The molecule has 3 aromatic rings. The van der Waals surface area contributed by atoms with Crippen molar-refractivity contribution in [1.29, 1.82) is 0 Å². The number of nitrogens with one attached hydrogen (secondary N) is 2. The number of aromatic nitrogens is 2. The van der Waals surface area contributed by atoms with Crippen LogP contribution in [-0.2, 0) is 12.8 Å². The van der Waals surface area contributed by atoms with Gasteiger partial charge in [0.1, 0.15) is 4.83 Å². The molecule has 1 aromatic carbocycles. The first-order valence-electron chi connectivity index (χ1n) is 8.43. The minimum Gasteiger partial charge on any atom is -0.504 e. The minimum atomic E-state index is -0.639. The van der Waals surface area contributed by atoms with Crippen molar-refractivity contribution in [2.45, 2.75) is 25.7 Å². The Morgan fingerprint density at radius 3 is 2.89 bits per heavy atom. The first kappa shape index (κ1) is 17.2. The van der Waals surface area contributed by atoms with Crippen molar-refractivity contribution in [3.63, 3.8) is 0 Å². The molecule has 2 aromatic heterocycles. The lowest BCUT2D eigenvalue weighted by Crippen LogP contribution is -2.24. The second-order valence-corrected chi connectivity index (χ2v) is 7.34. The third-order valence-electron chi connectivity index (χ3n) is 4.42. The van der Waals surface area contributed by atoms with Gasteiger partial charge in [-0.05, 0) is 55.0 Å². The molecule has 1 amide bonds. The van der Waals surface area contributed by atoms with E-state index in [4.69, 9.17) is 0 Å². The first-order valence-corrected chi connectivity index (χ1v) is 9.24. The van der Waals surface area contributed by atoms with Crippen LogP contribution in [0.1, 0.15) is 39.5 Å². The molecule has 4 N–H and O–H groups in total. The van der Waals surface area contributed by atoms with Gasteiger partial charge < -0.3 is 15.2 Å². The number of H-pyrrole nitrogens is 1. The second kappa shape index (κ2) is 6.84. The number of rotatable bonds is 3. The van der Waals surface area contributed by atoms with Gasteiger partial charge in [0.25, 0.3) is 5.56 Å². The number of carbonyl (C=O) groups is 1. The number of hydrazone groups is 1. The van der Waals surface area contributed by atoms with Crippen LogP contribution in [0.5, 0.6) is 11.5 Å². The summed E-state index contributed by atoms with van der Waals surface area (Å²) >= 11 is 1.47. The number of aryl methyl sites for hydroxylation is 2. The molecule has 0 atom stereocenters. The van der Waals surface area contributed by atoms with E-state index in [1.807, 2.05) is 0 Å². The molecule has 0 saturated carbocycles. The lowest BCUT2D eigenvalue weighted by Gasteiger charge is -2.09. The summed E-state index contributed by atoms with van der Waals surface area (Å²) in [5.74, 6) is -1.27. The number of phenolic OH excluding ortho intramolecular Hbond substituents is 2. The molecule has 27 heavy (non-hydrogen) atoms. The van der Waals surface area contributed by atoms with Crippen LogP contribution in [0, 0.1) is 0 Å². The van der Waals surface area contributed by atoms with Crippen molar-refractivity contribution in [2.75, 3.05) is 0 Å². The Labute approximate surface area is 157 Å². The van der Waals surface area contributed by atoms with Crippen molar-refractivity contribution >= 4 is 33.7 Å². The van der Waals surface area contributed by atoms with Crippen LogP contribution in [-0.4, -0.2) is 32.3 Å². The van der Waals surface area contributed by atoms with Gasteiger partial charge in [-0.15, -0.1) is 11.3 Å². The van der Waals surface area contributed by atoms with Gasteiger partial charge in [-0.2, -0.15) is 5.10 Å². The zero-order valence-electron chi connectivity index (χ0n) is 14.2. The van der Waals surface area contributed by atoms with E-state index in [1.54, 1.807) is 0 Å². The van der Waals surface area contributed by atoms with Gasteiger partial charge in [0.15, 0.2) is 11.5 Å². The third-order valence-corrected chi connectivity index (χ3v) is 5.61. The largest absolute Gasteiger partial charge is 0.504 e. The third kappa shape index (κ3) is 3.28. The highest BCUT2D eigenvalue weighted by Crippen LogP contribution is 2.33. The van der Waals surface area contributed by atoms with Gasteiger partial charge >= 0.3 is 5.91 Å². The molecule has 0 radical (unpaired) electrons. The van der Waals surface area contributed by atoms with Crippen LogP contribution < -0.4 is 11.0 Å². The van der Waals surface area contributed by atoms with Crippen molar-refractivity contribution in [2.24, 2.45) is 5.10 Å². The predicted octanol–water partition coefficient (Wildman–Crippen LogP) is 2.04. The van der Waals surface area contributed by atoms with E-state index in [9.17, 15) is 19.8 Å². The molecule has 0 aliphatic heterocycles. The van der Waals surface area contributed by atoms with E-state index >= 15 is 0 Å². The minimum absolute atomic E-state index is 0.100. The average Bonchev–Trinajstić information content (AvgIpc) is 3.03. The Balaban J connectivity index is 1.56. The van der Waals surface area contributed by atoms with Crippen LogP contribution in [0.25, 0.3) is 10.2 Å². The summed E-state index contributed by atoms with van der Waals surface area (Å²) in [5.41, 5.74) is 3.53. The molecule has 0 fully saturated rings. The molecule has 9 heteroatoms. The zero-order valence-corrected chi connectivity index (χ0v) is 15.0. The maximum Gasteiger partial charge on any atom is 0.307 e. The SMILES string of the molecule is O=C(N/N=C/c1ccc(O)c(O)c1)c1nc2sc3c(c2c(=O)[nH]1)CCCC3. The summed E-state index contributed by atoms with van der Waals surface area (Å²) in [7, 11) is 0. The highest BCUT2D eigenvalue weighted by atomic mass is 32.1. The highest BCUT2D eigenvalue weighted by molar-refractivity contribution is 7.18. The molecular weight excluding hydrogens is 368 g/mol. The number of phenols is 2. The lowest BCUT2D eigenvalue weighted by molar-refractivity contribution is 0.0945. The number of aromatic amines is 1. The summed E-state index contributed by atoms with van der Waals surface area (Å²) in [6.45, 7) is 0. The molecule has 0 saturated heterocycles. The Morgan fingerprint density at radius 1 is 1.26 bits per heavy atom.